The molecule has 3 rings (SSSR count). The fraction of sp³-hybridized carbons (Fsp3) is 0.318. The third-order valence-corrected chi connectivity index (χ3v) is 5.11. The molecule has 3 aromatic rings. The average Bonchev–Trinajstić information content (AvgIpc) is 3.32. The van der Waals surface area contributed by atoms with E-state index in [1.165, 1.54) is 6.33 Å². The van der Waals surface area contributed by atoms with Crippen LogP contribution in [0, 0.1) is 0 Å². The van der Waals surface area contributed by atoms with Gasteiger partial charge in [0.25, 0.3) is 0 Å². The van der Waals surface area contributed by atoms with Crippen LogP contribution in [0.25, 0.3) is 5.69 Å². The number of nitrogens with zero attached hydrogens (tertiary/aromatic N) is 4. The molecule has 0 spiro atoms. The van der Waals surface area contributed by atoms with Gasteiger partial charge in [-0.15, -0.1) is 0 Å². The van der Waals surface area contributed by atoms with Crippen molar-refractivity contribution in [2.75, 3.05) is 28.4 Å². The number of likely N-dealkylation sites (N-methyl/N-ethyl adjacent to an activating group) is 1. The predicted octanol–water partition coefficient (Wildman–Crippen LogP) is 3.06. The van der Waals surface area contributed by atoms with Crippen molar-refractivity contribution in [3.05, 3.63) is 60.2 Å². The van der Waals surface area contributed by atoms with Gasteiger partial charge in [0.2, 0.25) is 11.7 Å². The molecule has 0 saturated heterocycles. The van der Waals surface area contributed by atoms with Crippen LogP contribution >= 0.6 is 0 Å². The summed E-state index contributed by atoms with van der Waals surface area (Å²) < 4.78 is 17.8. The zero-order valence-corrected chi connectivity index (χ0v) is 17.8. The number of hydrogen-bond acceptors (Lipinski definition) is 6. The van der Waals surface area contributed by atoms with Crippen LogP contribution in [0.15, 0.2) is 49.1 Å². The number of ether oxygens (including phenoxy) is 3. The Labute approximate surface area is 176 Å². The summed E-state index contributed by atoms with van der Waals surface area (Å²) in [4.78, 5) is 18.6. The second-order valence-electron chi connectivity index (χ2n) is 6.82. The lowest BCUT2D eigenvalue weighted by atomic mass is 10.0. The molecule has 0 bridgehead atoms. The van der Waals surface area contributed by atoms with E-state index in [0.29, 0.717) is 17.2 Å². The summed E-state index contributed by atoms with van der Waals surface area (Å²) in [5.41, 5.74) is 2.73. The molecule has 1 aromatic heterocycles. The first-order valence-corrected chi connectivity index (χ1v) is 9.48. The number of benzene rings is 2. The maximum Gasteiger partial charge on any atom is 0.227 e. The molecule has 1 atom stereocenters. The Morgan fingerprint density at radius 1 is 1.07 bits per heavy atom. The van der Waals surface area contributed by atoms with Crippen molar-refractivity contribution < 1.29 is 19.0 Å². The van der Waals surface area contributed by atoms with Crippen molar-refractivity contribution >= 4 is 5.91 Å². The normalized spacial score (nSPS) is 11.6. The highest BCUT2D eigenvalue weighted by Crippen LogP contribution is 2.38. The zero-order valence-electron chi connectivity index (χ0n) is 17.8. The summed E-state index contributed by atoms with van der Waals surface area (Å²) in [6.45, 7) is 2.00. The van der Waals surface area contributed by atoms with E-state index in [0.717, 1.165) is 16.8 Å². The Morgan fingerprint density at radius 3 is 2.20 bits per heavy atom. The second-order valence-corrected chi connectivity index (χ2v) is 6.82. The van der Waals surface area contributed by atoms with Crippen molar-refractivity contribution in [1.82, 2.24) is 19.7 Å². The van der Waals surface area contributed by atoms with Crippen molar-refractivity contribution in [1.29, 1.82) is 0 Å². The average molecular weight is 410 g/mol. The SMILES string of the molecule is COc1cc(CC(=O)N(C)C(C)c2ccc(-n3cncn3)cc2)cc(OC)c1OC. The van der Waals surface area contributed by atoms with Crippen LogP contribution in [-0.4, -0.2) is 53.9 Å². The van der Waals surface area contributed by atoms with Crippen LogP contribution in [-0.2, 0) is 11.2 Å². The van der Waals surface area contributed by atoms with E-state index in [2.05, 4.69) is 10.1 Å². The Morgan fingerprint density at radius 2 is 1.70 bits per heavy atom. The van der Waals surface area contributed by atoms with Gasteiger partial charge in [-0.25, -0.2) is 9.67 Å². The summed E-state index contributed by atoms with van der Waals surface area (Å²) in [7, 11) is 6.46. The van der Waals surface area contributed by atoms with E-state index in [-0.39, 0.29) is 18.4 Å². The summed E-state index contributed by atoms with van der Waals surface area (Å²) in [6, 6.07) is 11.4. The molecule has 30 heavy (non-hydrogen) atoms. The Balaban J connectivity index is 1.74. The summed E-state index contributed by atoms with van der Waals surface area (Å²) in [5, 5.41) is 4.12. The van der Waals surface area contributed by atoms with Gasteiger partial charge >= 0.3 is 0 Å². The molecule has 1 heterocycles. The molecule has 0 aliphatic carbocycles. The van der Waals surface area contributed by atoms with E-state index < -0.39 is 0 Å². The first-order valence-electron chi connectivity index (χ1n) is 9.48. The molecule has 0 aliphatic rings. The number of carbonyl (C=O) groups is 1. The molecule has 1 unspecified atom stereocenters. The minimum atomic E-state index is -0.0932. The predicted molar refractivity (Wildman–Crippen MR) is 112 cm³/mol. The number of amides is 1. The molecule has 0 fully saturated rings. The first kappa shape index (κ1) is 21.2. The molecule has 8 heteroatoms. The summed E-state index contributed by atoms with van der Waals surface area (Å²) in [6.07, 6.45) is 3.35. The fourth-order valence-electron chi connectivity index (χ4n) is 3.22. The van der Waals surface area contributed by atoms with Gasteiger partial charge in [-0.3, -0.25) is 4.79 Å². The molecule has 0 N–H and O–H groups in total. The number of hydrogen-bond donors (Lipinski definition) is 0. The van der Waals surface area contributed by atoms with E-state index in [1.54, 1.807) is 56.4 Å². The van der Waals surface area contributed by atoms with E-state index in [4.69, 9.17) is 14.2 Å². The highest BCUT2D eigenvalue weighted by molar-refractivity contribution is 5.79. The second kappa shape index (κ2) is 9.30. The van der Waals surface area contributed by atoms with Gasteiger partial charge in [0.05, 0.1) is 39.5 Å². The molecule has 1 amide bonds. The fourth-order valence-corrected chi connectivity index (χ4v) is 3.22. The van der Waals surface area contributed by atoms with Crippen LogP contribution in [0.3, 0.4) is 0 Å². The highest BCUT2D eigenvalue weighted by atomic mass is 16.5. The van der Waals surface area contributed by atoms with E-state index >= 15 is 0 Å². The monoisotopic (exact) mass is 410 g/mol. The van der Waals surface area contributed by atoms with Crippen LogP contribution < -0.4 is 14.2 Å². The number of carbonyl (C=O) groups excluding carboxylic acids is 1. The van der Waals surface area contributed by atoms with Crippen LogP contribution in [0.2, 0.25) is 0 Å². The van der Waals surface area contributed by atoms with Crippen molar-refractivity contribution in [2.45, 2.75) is 19.4 Å². The van der Waals surface area contributed by atoms with Crippen molar-refractivity contribution in [3.63, 3.8) is 0 Å². The van der Waals surface area contributed by atoms with Crippen LogP contribution in [0.4, 0.5) is 0 Å². The lowest BCUT2D eigenvalue weighted by molar-refractivity contribution is -0.131. The van der Waals surface area contributed by atoms with E-state index in [9.17, 15) is 4.79 Å². The van der Waals surface area contributed by atoms with Gasteiger partial charge in [0.15, 0.2) is 11.5 Å². The van der Waals surface area contributed by atoms with Gasteiger partial charge < -0.3 is 19.1 Å². The Bertz CT molecular complexity index is 962. The summed E-state index contributed by atoms with van der Waals surface area (Å²) >= 11 is 0. The van der Waals surface area contributed by atoms with Gasteiger partial charge in [0, 0.05) is 7.05 Å². The smallest absolute Gasteiger partial charge is 0.227 e. The molecule has 0 aliphatic heterocycles. The topological polar surface area (TPSA) is 78.7 Å². The Kier molecular flexibility index (Phi) is 6.56. The highest BCUT2D eigenvalue weighted by Gasteiger charge is 2.20. The van der Waals surface area contributed by atoms with Gasteiger partial charge in [-0.05, 0) is 42.3 Å². The van der Waals surface area contributed by atoms with Crippen LogP contribution in [0.5, 0.6) is 17.2 Å². The molecule has 158 valence electrons. The standard InChI is InChI=1S/C22H26N4O4/c1-15(17-6-8-18(9-7-17)26-14-23-13-24-26)25(2)21(27)12-16-10-19(28-3)22(30-5)20(11-16)29-4/h6-11,13-15H,12H2,1-5H3. The molecular weight excluding hydrogens is 384 g/mol. The molecule has 0 saturated carbocycles. The third-order valence-electron chi connectivity index (χ3n) is 5.11. The lowest BCUT2D eigenvalue weighted by Gasteiger charge is -2.26. The summed E-state index contributed by atoms with van der Waals surface area (Å²) in [5.74, 6) is 1.54. The van der Waals surface area contributed by atoms with Crippen molar-refractivity contribution in [2.24, 2.45) is 0 Å². The molecule has 0 radical (unpaired) electrons. The zero-order chi connectivity index (χ0) is 21.7. The quantitative estimate of drug-likeness (QED) is 0.568. The Hall–Kier alpha value is -3.55. The van der Waals surface area contributed by atoms with Crippen LogP contribution in [0.1, 0.15) is 24.1 Å². The van der Waals surface area contributed by atoms with Gasteiger partial charge in [-0.2, -0.15) is 5.10 Å². The number of methoxy groups -OCH3 is 3. The van der Waals surface area contributed by atoms with Gasteiger partial charge in [0.1, 0.15) is 12.7 Å². The first-order chi connectivity index (χ1) is 14.5. The lowest BCUT2D eigenvalue weighted by Crippen LogP contribution is -2.31. The number of rotatable bonds is 8. The maximum absolute atomic E-state index is 12.9. The largest absolute Gasteiger partial charge is 0.493 e. The molecular formula is C22H26N4O4. The third kappa shape index (κ3) is 4.37. The van der Waals surface area contributed by atoms with Crippen molar-refractivity contribution in [3.8, 4) is 22.9 Å². The maximum atomic E-state index is 12.9. The number of aromatic nitrogens is 3. The molecule has 2 aromatic carbocycles. The minimum Gasteiger partial charge on any atom is -0.493 e. The molecule has 8 nitrogen and oxygen atoms in total. The van der Waals surface area contributed by atoms with Gasteiger partial charge in [-0.1, -0.05) is 12.1 Å². The van der Waals surface area contributed by atoms with E-state index in [1.807, 2.05) is 31.2 Å². The minimum absolute atomic E-state index is 0.0166.